The smallest absolute Gasteiger partial charge is 0.206 e. The Balaban J connectivity index is 1.39. The van der Waals surface area contributed by atoms with Crippen LogP contribution in [0.3, 0.4) is 0 Å². The van der Waals surface area contributed by atoms with Crippen molar-refractivity contribution in [3.05, 3.63) is 108 Å². The molecular formula is C26H22N4O4S. The summed E-state index contributed by atoms with van der Waals surface area (Å²) >= 11 is 0. The minimum absolute atomic E-state index is 0.114. The molecule has 0 aliphatic rings. The van der Waals surface area contributed by atoms with Crippen LogP contribution in [-0.2, 0) is 9.84 Å². The average molecular weight is 487 g/mol. The van der Waals surface area contributed by atoms with Crippen molar-refractivity contribution in [2.24, 2.45) is 10.2 Å². The number of aromatic hydroxyl groups is 2. The number of nitrogens with one attached hydrogen (secondary N) is 2. The van der Waals surface area contributed by atoms with E-state index in [1.54, 1.807) is 72.8 Å². The summed E-state index contributed by atoms with van der Waals surface area (Å²) in [4.78, 5) is 0.289. The van der Waals surface area contributed by atoms with Crippen molar-refractivity contribution < 1.29 is 18.6 Å². The van der Waals surface area contributed by atoms with Crippen molar-refractivity contribution in [3.8, 4) is 11.5 Å². The number of phenolic OH excluding ortho intramolecular Hbond substituents is 2. The normalized spacial score (nSPS) is 11.7. The van der Waals surface area contributed by atoms with Gasteiger partial charge >= 0.3 is 0 Å². The second-order valence-corrected chi connectivity index (χ2v) is 9.36. The monoisotopic (exact) mass is 486 g/mol. The fourth-order valence-electron chi connectivity index (χ4n) is 3.10. The summed E-state index contributed by atoms with van der Waals surface area (Å²) in [5, 5.41) is 27.6. The van der Waals surface area contributed by atoms with Crippen LogP contribution in [0.15, 0.2) is 117 Å². The van der Waals surface area contributed by atoms with Gasteiger partial charge in [0.25, 0.3) is 0 Å². The molecule has 0 bridgehead atoms. The third kappa shape index (κ3) is 5.84. The number of benzene rings is 4. The molecule has 0 saturated heterocycles. The van der Waals surface area contributed by atoms with Gasteiger partial charge in [-0.25, -0.2) is 8.42 Å². The predicted octanol–water partition coefficient (Wildman–Crippen LogP) is 4.82. The van der Waals surface area contributed by atoms with Gasteiger partial charge in [0.2, 0.25) is 9.84 Å². The first-order valence-electron chi connectivity index (χ1n) is 10.5. The van der Waals surface area contributed by atoms with Crippen molar-refractivity contribution in [2.45, 2.75) is 9.79 Å². The molecule has 0 aliphatic carbocycles. The van der Waals surface area contributed by atoms with Gasteiger partial charge < -0.3 is 10.2 Å². The highest BCUT2D eigenvalue weighted by molar-refractivity contribution is 7.91. The van der Waals surface area contributed by atoms with Gasteiger partial charge in [-0.05, 0) is 72.8 Å². The first-order chi connectivity index (χ1) is 16.9. The Hall–Kier alpha value is -4.63. The largest absolute Gasteiger partial charge is 0.507 e. The molecule has 176 valence electrons. The summed E-state index contributed by atoms with van der Waals surface area (Å²) in [6.45, 7) is 0. The third-order valence-corrected chi connectivity index (χ3v) is 6.78. The predicted molar refractivity (Wildman–Crippen MR) is 137 cm³/mol. The fourth-order valence-corrected chi connectivity index (χ4v) is 4.36. The number of para-hydroxylation sites is 2. The Labute approximate surface area is 202 Å². The van der Waals surface area contributed by atoms with E-state index in [0.29, 0.717) is 22.5 Å². The number of nitrogens with zero attached hydrogens (tertiary/aromatic N) is 2. The molecule has 0 radical (unpaired) electrons. The Kier molecular flexibility index (Phi) is 7.08. The van der Waals surface area contributed by atoms with Crippen LogP contribution in [0, 0.1) is 0 Å². The summed E-state index contributed by atoms with van der Waals surface area (Å²) in [6.07, 6.45) is 2.95. The molecule has 4 rings (SSSR count). The lowest BCUT2D eigenvalue weighted by Crippen LogP contribution is -2.02. The Bertz CT molecular complexity index is 1360. The highest BCUT2D eigenvalue weighted by Crippen LogP contribution is 2.24. The highest BCUT2D eigenvalue weighted by Gasteiger charge is 2.17. The molecule has 0 aromatic heterocycles. The van der Waals surface area contributed by atoms with E-state index >= 15 is 0 Å². The van der Waals surface area contributed by atoms with Crippen LogP contribution in [0.25, 0.3) is 0 Å². The number of hydrogen-bond acceptors (Lipinski definition) is 8. The SMILES string of the molecule is O=S(=O)(c1ccc(N/N=C\c2ccccc2O)cc1)c1ccc(N/N=C/c2ccccc2O)cc1. The lowest BCUT2D eigenvalue weighted by atomic mass is 10.2. The van der Waals surface area contributed by atoms with Gasteiger partial charge in [-0.2, -0.15) is 10.2 Å². The zero-order valence-electron chi connectivity index (χ0n) is 18.4. The molecule has 0 spiro atoms. The summed E-state index contributed by atoms with van der Waals surface area (Å²) in [5.74, 6) is 0.228. The maximum absolute atomic E-state index is 13.0. The van der Waals surface area contributed by atoms with Gasteiger partial charge in [0.15, 0.2) is 0 Å². The Morgan fingerprint density at radius 1 is 0.571 bits per heavy atom. The summed E-state index contributed by atoms with van der Waals surface area (Å²) < 4.78 is 25.9. The quantitative estimate of drug-likeness (QED) is 0.209. The molecule has 0 saturated carbocycles. The van der Waals surface area contributed by atoms with E-state index in [2.05, 4.69) is 21.1 Å². The number of rotatable bonds is 8. The van der Waals surface area contributed by atoms with E-state index in [-0.39, 0.29) is 21.3 Å². The van der Waals surface area contributed by atoms with Crippen molar-refractivity contribution in [3.63, 3.8) is 0 Å². The molecule has 4 N–H and O–H groups in total. The summed E-state index contributed by atoms with van der Waals surface area (Å²) in [7, 11) is -3.71. The Morgan fingerprint density at radius 2 is 0.943 bits per heavy atom. The lowest BCUT2D eigenvalue weighted by molar-refractivity contribution is 0.474. The number of hydrogen-bond donors (Lipinski definition) is 4. The van der Waals surface area contributed by atoms with Crippen LogP contribution >= 0.6 is 0 Å². The van der Waals surface area contributed by atoms with Crippen molar-refractivity contribution in [2.75, 3.05) is 10.9 Å². The molecule has 4 aromatic carbocycles. The minimum atomic E-state index is -3.71. The molecular weight excluding hydrogens is 464 g/mol. The lowest BCUT2D eigenvalue weighted by Gasteiger charge is -2.07. The van der Waals surface area contributed by atoms with E-state index in [0.717, 1.165) is 0 Å². The number of sulfone groups is 1. The zero-order valence-corrected chi connectivity index (χ0v) is 19.2. The van der Waals surface area contributed by atoms with E-state index in [1.807, 2.05) is 0 Å². The Morgan fingerprint density at radius 3 is 1.31 bits per heavy atom. The summed E-state index contributed by atoms with van der Waals surface area (Å²) in [5.41, 5.74) is 7.92. The number of phenols is 2. The van der Waals surface area contributed by atoms with E-state index in [4.69, 9.17) is 0 Å². The first-order valence-corrected chi connectivity index (χ1v) is 12.0. The molecule has 8 nitrogen and oxygen atoms in total. The van der Waals surface area contributed by atoms with Crippen LogP contribution in [0.4, 0.5) is 11.4 Å². The van der Waals surface area contributed by atoms with Gasteiger partial charge in [0.05, 0.1) is 33.6 Å². The van der Waals surface area contributed by atoms with Gasteiger partial charge in [-0.15, -0.1) is 0 Å². The maximum Gasteiger partial charge on any atom is 0.206 e. The molecule has 0 unspecified atom stereocenters. The molecule has 9 heteroatoms. The molecule has 0 fully saturated rings. The number of hydrazone groups is 2. The van der Waals surface area contributed by atoms with E-state index < -0.39 is 9.84 Å². The van der Waals surface area contributed by atoms with Crippen LogP contribution < -0.4 is 10.9 Å². The first kappa shape index (κ1) is 23.5. The molecule has 35 heavy (non-hydrogen) atoms. The minimum Gasteiger partial charge on any atom is -0.507 e. The van der Waals surface area contributed by atoms with E-state index in [9.17, 15) is 18.6 Å². The molecule has 4 aromatic rings. The van der Waals surface area contributed by atoms with Gasteiger partial charge in [0, 0.05) is 11.1 Å². The third-order valence-electron chi connectivity index (χ3n) is 5.00. The summed E-state index contributed by atoms with van der Waals surface area (Å²) in [6, 6.07) is 26.0. The van der Waals surface area contributed by atoms with Crippen molar-refractivity contribution >= 4 is 33.6 Å². The van der Waals surface area contributed by atoms with E-state index in [1.165, 1.54) is 36.7 Å². The average Bonchev–Trinajstić information content (AvgIpc) is 2.87. The molecule has 0 aliphatic heterocycles. The second-order valence-electron chi connectivity index (χ2n) is 7.41. The fraction of sp³-hybridized carbons (Fsp3) is 0. The van der Waals surface area contributed by atoms with Crippen molar-refractivity contribution in [1.29, 1.82) is 0 Å². The van der Waals surface area contributed by atoms with Gasteiger partial charge in [-0.1, -0.05) is 24.3 Å². The zero-order chi connectivity index (χ0) is 24.7. The van der Waals surface area contributed by atoms with Crippen LogP contribution in [0.5, 0.6) is 11.5 Å². The maximum atomic E-state index is 13.0. The molecule has 0 heterocycles. The topological polar surface area (TPSA) is 123 Å². The second kappa shape index (κ2) is 10.5. The number of anilines is 2. The molecule has 0 amide bonds. The standard InChI is InChI=1S/C26H22N4O4S/c31-25-7-3-1-5-19(25)17-27-29-21-9-13-23(14-10-21)35(33,34)24-15-11-22(12-16-24)30-28-18-20-6-2-4-8-26(20)32/h1-18,29-32H/b27-17-,28-18+. The van der Waals surface area contributed by atoms with Crippen molar-refractivity contribution in [1.82, 2.24) is 0 Å². The van der Waals surface area contributed by atoms with Crippen LogP contribution in [0.1, 0.15) is 11.1 Å². The van der Waals surface area contributed by atoms with Crippen LogP contribution in [0.2, 0.25) is 0 Å². The van der Waals surface area contributed by atoms with Crippen LogP contribution in [-0.4, -0.2) is 31.1 Å². The molecule has 0 atom stereocenters. The van der Waals surface area contributed by atoms with Gasteiger partial charge in [-0.3, -0.25) is 10.9 Å². The highest BCUT2D eigenvalue weighted by atomic mass is 32.2. The van der Waals surface area contributed by atoms with Gasteiger partial charge in [0.1, 0.15) is 11.5 Å².